The number of carbonyl (C=O) groups is 2. The predicted octanol–water partition coefficient (Wildman–Crippen LogP) is 7.67. The maximum Gasteiger partial charge on any atom is 0.481 e. The number of phosphoric ester groups is 2. The fraction of sp³-hybridized carbons (Fsp3) is 0.733. The largest absolute Gasteiger partial charge is 0.481 e. The minimum atomic E-state index is -5.43. The number of anilines is 1. The summed E-state index contributed by atoms with van der Waals surface area (Å²) in [6.07, 6.45) is 23.1. The molecular weight excluding hydrogens is 900 g/mol. The molecule has 3 heterocycles. The number of phosphoric acid groups is 2. The third kappa shape index (κ3) is 24.3. The van der Waals surface area contributed by atoms with E-state index in [1.54, 1.807) is 0 Å². The number of ether oxygens (including phenoxy) is 4. The third-order valence-electron chi connectivity index (χ3n) is 10.8. The zero-order valence-corrected chi connectivity index (χ0v) is 40.6. The number of hydrogen-bond donors (Lipinski definition) is 5. The number of aliphatic hydroxyl groups is 2. The monoisotopic (exact) mass is 975 g/mol. The molecule has 2 fully saturated rings. The highest BCUT2D eigenvalue weighted by Crippen LogP contribution is 2.60. The van der Waals surface area contributed by atoms with Gasteiger partial charge < -0.3 is 44.7 Å². The Morgan fingerprint density at radius 2 is 1.45 bits per heavy atom. The van der Waals surface area contributed by atoms with E-state index in [9.17, 15) is 43.5 Å². The van der Waals surface area contributed by atoms with Crippen LogP contribution in [0.2, 0.25) is 0 Å². The molecule has 0 aliphatic carbocycles. The standard InChI is InChI=1S/C45H75N3O16P2/c1-4-5-19-25-36-37(62-36)26-21-16-12-8-6-7-9-13-18-23-28-41(50)61-35(31-58-40(49)27-22-17-14-10-11-15-20-24-34(2)3)32-59-65(54,55)64-66(56,57)60-33-38-42(51)43(52)44(63-38)48-30-29-39(46)47-45(48)53/h6,8-9,13,16,21,29-30,34-38,42-44,51-52H,4-5,7,10-12,14-15,17-20,22-28,31-33H2,1-3H3,(H,54,55)(H,56,57)(H2,46,47,53)/b8-6-,13-9-,21-16-/t35-,36?,37?,38-,42-,43-,44-/m1/s1. The highest BCUT2D eigenvalue weighted by atomic mass is 31.3. The van der Waals surface area contributed by atoms with Crippen LogP contribution in [0.3, 0.4) is 0 Å². The summed E-state index contributed by atoms with van der Waals surface area (Å²) in [6.45, 7) is 4.26. The number of hydrogen-bond acceptors (Lipinski definition) is 16. The Labute approximate surface area is 389 Å². The van der Waals surface area contributed by atoms with Crippen molar-refractivity contribution in [2.45, 2.75) is 186 Å². The van der Waals surface area contributed by atoms with Crippen LogP contribution in [-0.2, 0) is 51.0 Å². The summed E-state index contributed by atoms with van der Waals surface area (Å²) in [6, 6.07) is 1.24. The molecule has 2 saturated heterocycles. The molecule has 6 N–H and O–H groups in total. The van der Waals surface area contributed by atoms with Crippen LogP contribution in [0.1, 0.15) is 149 Å². The van der Waals surface area contributed by atoms with Crippen molar-refractivity contribution in [1.82, 2.24) is 9.55 Å². The lowest BCUT2D eigenvalue weighted by Gasteiger charge is -2.21. The molecule has 9 atom stereocenters. The molecule has 2 aliphatic rings. The molecule has 1 aromatic heterocycles. The molecule has 376 valence electrons. The fourth-order valence-electron chi connectivity index (χ4n) is 7.05. The van der Waals surface area contributed by atoms with Crippen molar-refractivity contribution in [3.8, 4) is 0 Å². The number of unbranched alkanes of at least 4 members (excludes halogenated alkanes) is 9. The number of epoxide rings is 1. The molecule has 0 spiro atoms. The molecule has 0 radical (unpaired) electrons. The lowest BCUT2D eigenvalue weighted by molar-refractivity contribution is -0.161. The molecule has 3 rings (SSSR count). The van der Waals surface area contributed by atoms with Gasteiger partial charge in [-0.25, -0.2) is 13.9 Å². The Morgan fingerprint density at radius 3 is 2.15 bits per heavy atom. The maximum absolute atomic E-state index is 12.8. The molecule has 4 unspecified atom stereocenters. The summed E-state index contributed by atoms with van der Waals surface area (Å²) < 4.78 is 62.2. The van der Waals surface area contributed by atoms with Gasteiger partial charge in [0.2, 0.25) is 0 Å². The van der Waals surface area contributed by atoms with Gasteiger partial charge in [0.05, 0.1) is 25.4 Å². The van der Waals surface area contributed by atoms with Crippen LogP contribution in [0.4, 0.5) is 5.82 Å². The number of esters is 2. The van der Waals surface area contributed by atoms with Crippen molar-refractivity contribution in [3.63, 3.8) is 0 Å². The van der Waals surface area contributed by atoms with Gasteiger partial charge in [0.15, 0.2) is 12.3 Å². The number of carbonyl (C=O) groups excluding carboxylic acids is 2. The molecule has 66 heavy (non-hydrogen) atoms. The number of nitrogens with zero attached hydrogens (tertiary/aromatic N) is 2. The Bertz CT molecular complexity index is 1830. The van der Waals surface area contributed by atoms with Crippen LogP contribution in [-0.4, -0.2) is 97.9 Å². The summed E-state index contributed by atoms with van der Waals surface area (Å²) >= 11 is 0. The minimum Gasteiger partial charge on any atom is -0.462 e. The van der Waals surface area contributed by atoms with Gasteiger partial charge in [0.25, 0.3) is 0 Å². The van der Waals surface area contributed by atoms with Crippen molar-refractivity contribution in [2.75, 3.05) is 25.6 Å². The summed E-state index contributed by atoms with van der Waals surface area (Å²) in [5, 5.41) is 20.9. The lowest BCUT2D eigenvalue weighted by Crippen LogP contribution is -2.36. The Morgan fingerprint density at radius 1 is 0.803 bits per heavy atom. The third-order valence-corrected chi connectivity index (χ3v) is 13.4. The topological polar surface area (TPSA) is 278 Å². The minimum absolute atomic E-state index is 0.0296. The number of allylic oxidation sites excluding steroid dienone is 5. The van der Waals surface area contributed by atoms with Crippen LogP contribution in [0, 0.1) is 5.92 Å². The Balaban J connectivity index is 1.43. The maximum atomic E-state index is 12.8. The van der Waals surface area contributed by atoms with Gasteiger partial charge >= 0.3 is 33.3 Å². The average Bonchev–Trinajstić information content (AvgIpc) is 3.94. The van der Waals surface area contributed by atoms with Crippen molar-refractivity contribution >= 4 is 33.4 Å². The molecule has 21 heteroatoms. The summed E-state index contributed by atoms with van der Waals surface area (Å²) in [7, 11) is -10.9. The molecule has 0 bridgehead atoms. The molecular formula is C45H75N3O16P2. The first-order valence-corrected chi connectivity index (χ1v) is 26.5. The van der Waals surface area contributed by atoms with Crippen LogP contribution in [0.25, 0.3) is 0 Å². The average molecular weight is 976 g/mol. The SMILES string of the molecule is CCCCCC1OC1C/C=C\C/C=C\C/C=C\CCCC(=O)O[C@H](COC(=O)CCCCCCCCCC(C)C)COP(=O)(O)OP(=O)(O)OC[C@H]1O[C@@H](n2ccc(N)nc2=O)[C@H](O)[C@@H]1O. The molecule has 2 aliphatic heterocycles. The van der Waals surface area contributed by atoms with E-state index in [-0.39, 0.29) is 18.7 Å². The van der Waals surface area contributed by atoms with E-state index < -0.39 is 83.7 Å². The van der Waals surface area contributed by atoms with Gasteiger partial charge in [0.1, 0.15) is 30.7 Å². The van der Waals surface area contributed by atoms with Gasteiger partial charge in [-0.2, -0.15) is 9.29 Å². The van der Waals surface area contributed by atoms with E-state index in [4.69, 9.17) is 33.7 Å². The van der Waals surface area contributed by atoms with E-state index in [0.29, 0.717) is 37.4 Å². The predicted molar refractivity (Wildman–Crippen MR) is 247 cm³/mol. The van der Waals surface area contributed by atoms with Gasteiger partial charge in [-0.1, -0.05) is 121 Å². The Kier molecular flexibility index (Phi) is 27.0. The molecule has 0 saturated carbocycles. The number of aromatic nitrogens is 2. The van der Waals surface area contributed by atoms with Crippen molar-refractivity contribution in [2.24, 2.45) is 5.92 Å². The second-order valence-electron chi connectivity index (χ2n) is 17.1. The quantitative estimate of drug-likeness (QED) is 0.0142. The normalized spacial score (nSPS) is 23.2. The Hall–Kier alpha value is -3.06. The van der Waals surface area contributed by atoms with Crippen LogP contribution in [0.15, 0.2) is 53.5 Å². The van der Waals surface area contributed by atoms with Crippen LogP contribution >= 0.6 is 15.6 Å². The number of nitrogens with two attached hydrogens (primary N) is 1. The van der Waals surface area contributed by atoms with E-state index in [2.05, 4.69) is 54.4 Å². The first-order valence-electron chi connectivity index (χ1n) is 23.5. The second-order valence-corrected chi connectivity index (χ2v) is 20.2. The van der Waals surface area contributed by atoms with Crippen molar-refractivity contribution in [3.05, 3.63) is 59.2 Å². The summed E-state index contributed by atoms with van der Waals surface area (Å²) in [5.41, 5.74) is 4.57. The van der Waals surface area contributed by atoms with E-state index in [1.807, 2.05) is 12.2 Å². The summed E-state index contributed by atoms with van der Waals surface area (Å²) in [4.78, 5) is 61.7. The smallest absolute Gasteiger partial charge is 0.462 e. The second kappa shape index (κ2) is 31.1. The van der Waals surface area contributed by atoms with E-state index in [0.717, 1.165) is 62.1 Å². The zero-order valence-electron chi connectivity index (χ0n) is 38.8. The van der Waals surface area contributed by atoms with Gasteiger partial charge in [-0.15, -0.1) is 0 Å². The first-order chi connectivity index (χ1) is 31.5. The van der Waals surface area contributed by atoms with Crippen molar-refractivity contribution < 1.29 is 71.0 Å². The molecule has 1 aromatic rings. The van der Waals surface area contributed by atoms with Crippen LogP contribution < -0.4 is 11.4 Å². The number of aliphatic hydroxyl groups excluding tert-OH is 2. The lowest BCUT2D eigenvalue weighted by atomic mass is 10.0. The number of nitrogen functional groups attached to an aromatic ring is 1. The van der Waals surface area contributed by atoms with E-state index in [1.165, 1.54) is 44.6 Å². The first kappa shape index (κ1) is 57.3. The highest BCUT2D eigenvalue weighted by Gasteiger charge is 2.46. The fourth-order valence-corrected chi connectivity index (χ4v) is 9.16. The molecule has 0 amide bonds. The van der Waals surface area contributed by atoms with Gasteiger partial charge in [-0.05, 0) is 56.9 Å². The van der Waals surface area contributed by atoms with Gasteiger partial charge in [-0.3, -0.25) is 23.2 Å². The van der Waals surface area contributed by atoms with Crippen LogP contribution in [0.5, 0.6) is 0 Å². The molecule has 19 nitrogen and oxygen atoms in total. The van der Waals surface area contributed by atoms with Crippen molar-refractivity contribution in [1.29, 1.82) is 0 Å². The van der Waals surface area contributed by atoms with E-state index >= 15 is 0 Å². The zero-order chi connectivity index (χ0) is 48.4. The number of rotatable bonds is 36. The summed E-state index contributed by atoms with van der Waals surface area (Å²) in [5.74, 6) is -0.681. The van der Waals surface area contributed by atoms with Gasteiger partial charge in [0, 0.05) is 19.0 Å². The highest BCUT2D eigenvalue weighted by molar-refractivity contribution is 7.61. The molecule has 0 aromatic carbocycles.